The molecule has 180 valence electrons. The Labute approximate surface area is 208 Å². The number of hydrogen-bond acceptors (Lipinski definition) is 4. The zero-order valence-corrected chi connectivity index (χ0v) is 22.1. The van der Waals surface area contributed by atoms with E-state index in [0.29, 0.717) is 6.04 Å². The van der Waals surface area contributed by atoms with Crippen molar-refractivity contribution in [2.75, 3.05) is 13.1 Å². The van der Waals surface area contributed by atoms with Crippen LogP contribution in [-0.4, -0.2) is 54.9 Å². The number of carbonyl (C=O) groups is 1. The van der Waals surface area contributed by atoms with Crippen LogP contribution in [0.5, 0.6) is 0 Å². The lowest BCUT2D eigenvalue weighted by Crippen LogP contribution is -2.71. The summed E-state index contributed by atoms with van der Waals surface area (Å²) in [5, 5.41) is 7.79. The van der Waals surface area contributed by atoms with E-state index in [-0.39, 0.29) is 22.7 Å². The number of benzene rings is 2. The second-order valence-corrected chi connectivity index (χ2v) is 15.8. The molecule has 1 atom stereocenters. The van der Waals surface area contributed by atoms with Crippen LogP contribution >= 0.6 is 11.8 Å². The molecule has 1 saturated heterocycles. The molecule has 34 heavy (non-hydrogen) atoms. The number of likely N-dealkylation sites (tertiary alicyclic amines) is 1. The highest BCUT2D eigenvalue weighted by molar-refractivity contribution is 8.02. The molecule has 3 aliphatic rings. The van der Waals surface area contributed by atoms with Crippen molar-refractivity contribution < 1.29 is 9.22 Å². The van der Waals surface area contributed by atoms with E-state index >= 15 is 0 Å². The first-order chi connectivity index (χ1) is 16.4. The molecule has 1 aliphatic carbocycles. The van der Waals surface area contributed by atoms with Gasteiger partial charge in [-0.2, -0.15) is 0 Å². The molecule has 5 nitrogen and oxygen atoms in total. The van der Waals surface area contributed by atoms with Gasteiger partial charge in [-0.25, -0.2) is 4.79 Å². The summed E-state index contributed by atoms with van der Waals surface area (Å²) in [6, 6.07) is 22.0. The van der Waals surface area contributed by atoms with Crippen LogP contribution in [0, 0.1) is 0 Å². The second-order valence-electron chi connectivity index (χ2n) is 10.6. The molecule has 2 aliphatic heterocycles. The average Bonchev–Trinajstić information content (AvgIpc) is 3.25. The molecule has 1 unspecified atom stereocenters. The van der Waals surface area contributed by atoms with Crippen molar-refractivity contribution in [2.24, 2.45) is 0 Å². The molecule has 2 aromatic carbocycles. The fraction of sp³-hybridized carbons (Fsp3) is 0.444. The highest BCUT2D eigenvalue weighted by Crippen LogP contribution is 2.40. The monoisotopic (exact) mass is 493 g/mol. The molecule has 0 bridgehead atoms. The van der Waals surface area contributed by atoms with Gasteiger partial charge in [0.2, 0.25) is 0 Å². The number of nitrogens with one attached hydrogen (secondary N) is 1. The Kier molecular flexibility index (Phi) is 6.63. The topological polar surface area (TPSA) is 44.8 Å². The van der Waals surface area contributed by atoms with Gasteiger partial charge in [-0.3, -0.25) is 9.80 Å². The van der Waals surface area contributed by atoms with Gasteiger partial charge in [-0.15, -0.1) is 0 Å². The van der Waals surface area contributed by atoms with Crippen LogP contribution in [-0.2, 0) is 4.43 Å². The number of carbonyl (C=O) groups excluding carboxylic acids is 1. The van der Waals surface area contributed by atoms with Crippen molar-refractivity contribution in [1.82, 2.24) is 15.1 Å². The maximum absolute atomic E-state index is 12.8. The van der Waals surface area contributed by atoms with E-state index < -0.39 is 8.32 Å². The SMILES string of the molecule is CC(C)(C)[Si](OC1CN(C2SC=CN2C(=O)NC2CCC2)C1)(c1ccccc1)c1ccccc1. The second kappa shape index (κ2) is 9.53. The summed E-state index contributed by atoms with van der Waals surface area (Å²) in [7, 11) is -2.55. The van der Waals surface area contributed by atoms with E-state index in [1.54, 1.807) is 11.8 Å². The van der Waals surface area contributed by atoms with Gasteiger partial charge in [-0.1, -0.05) is 93.2 Å². The smallest absolute Gasteiger partial charge is 0.323 e. The Morgan fingerprint density at radius 3 is 2.09 bits per heavy atom. The van der Waals surface area contributed by atoms with Crippen molar-refractivity contribution in [2.45, 2.75) is 62.7 Å². The quantitative estimate of drug-likeness (QED) is 0.609. The molecular weight excluding hydrogens is 458 g/mol. The molecular formula is C27H35N3O2SSi. The third-order valence-corrected chi connectivity index (χ3v) is 13.4. The van der Waals surface area contributed by atoms with Crippen molar-refractivity contribution in [3.63, 3.8) is 0 Å². The lowest BCUT2D eigenvalue weighted by atomic mass is 9.93. The summed E-state index contributed by atoms with van der Waals surface area (Å²) in [4.78, 5) is 17.0. The number of amides is 2. The minimum absolute atomic E-state index is 0.0130. The summed E-state index contributed by atoms with van der Waals surface area (Å²) < 4.78 is 7.24. The molecule has 2 fully saturated rings. The van der Waals surface area contributed by atoms with Crippen LogP contribution in [0.3, 0.4) is 0 Å². The Morgan fingerprint density at radius 1 is 1.00 bits per heavy atom. The first-order valence-electron chi connectivity index (χ1n) is 12.3. The lowest BCUT2D eigenvalue weighted by Gasteiger charge is -2.51. The Bertz CT molecular complexity index is 978. The van der Waals surface area contributed by atoms with Gasteiger partial charge >= 0.3 is 6.03 Å². The predicted octanol–water partition coefficient (Wildman–Crippen LogP) is 4.31. The van der Waals surface area contributed by atoms with Gasteiger partial charge in [0.1, 0.15) is 5.50 Å². The van der Waals surface area contributed by atoms with Gasteiger partial charge < -0.3 is 9.74 Å². The first-order valence-corrected chi connectivity index (χ1v) is 15.2. The van der Waals surface area contributed by atoms with E-state index in [9.17, 15) is 4.79 Å². The number of thioether (sulfide) groups is 1. The molecule has 2 heterocycles. The van der Waals surface area contributed by atoms with Gasteiger partial charge in [-0.05, 0) is 40.1 Å². The maximum atomic E-state index is 12.8. The molecule has 0 radical (unpaired) electrons. The molecule has 1 saturated carbocycles. The average molecular weight is 494 g/mol. The van der Waals surface area contributed by atoms with E-state index in [1.165, 1.54) is 16.8 Å². The van der Waals surface area contributed by atoms with Crippen molar-refractivity contribution in [1.29, 1.82) is 0 Å². The molecule has 5 rings (SSSR count). The van der Waals surface area contributed by atoms with E-state index in [0.717, 1.165) is 25.9 Å². The minimum Gasteiger partial charge on any atom is -0.402 e. The van der Waals surface area contributed by atoms with Crippen LogP contribution in [0.15, 0.2) is 72.3 Å². The molecule has 1 N–H and O–H groups in total. The number of nitrogens with zero attached hydrogens (tertiary/aromatic N) is 2. The Hall–Kier alpha value is -2.06. The van der Waals surface area contributed by atoms with Crippen LogP contribution in [0.1, 0.15) is 40.0 Å². The third kappa shape index (κ3) is 4.35. The van der Waals surface area contributed by atoms with Crippen LogP contribution < -0.4 is 15.7 Å². The van der Waals surface area contributed by atoms with E-state index in [2.05, 4.69) is 91.7 Å². The third-order valence-electron chi connectivity index (χ3n) is 7.28. The summed E-state index contributed by atoms with van der Waals surface area (Å²) in [6.45, 7) is 8.62. The van der Waals surface area contributed by atoms with Gasteiger partial charge in [0.05, 0.1) is 6.10 Å². The van der Waals surface area contributed by atoms with Gasteiger partial charge in [0, 0.05) is 25.3 Å². The number of rotatable bonds is 6. The maximum Gasteiger partial charge on any atom is 0.323 e. The summed E-state index contributed by atoms with van der Waals surface area (Å²) >= 11 is 1.70. The Balaban J connectivity index is 1.33. The molecule has 0 aromatic heterocycles. The van der Waals surface area contributed by atoms with Crippen LogP contribution in [0.2, 0.25) is 5.04 Å². The fourth-order valence-corrected chi connectivity index (χ4v) is 10.9. The molecule has 7 heteroatoms. The van der Waals surface area contributed by atoms with Crippen molar-refractivity contribution in [3.05, 3.63) is 72.3 Å². The van der Waals surface area contributed by atoms with Crippen molar-refractivity contribution >= 4 is 36.5 Å². The largest absolute Gasteiger partial charge is 0.402 e. The molecule has 2 amide bonds. The minimum atomic E-state index is -2.55. The lowest BCUT2D eigenvalue weighted by molar-refractivity contribution is -0.0156. The highest BCUT2D eigenvalue weighted by Gasteiger charge is 2.53. The highest BCUT2D eigenvalue weighted by atomic mass is 32.2. The number of urea groups is 1. The fourth-order valence-electron chi connectivity index (χ4n) is 5.21. The Morgan fingerprint density at radius 2 is 1.59 bits per heavy atom. The predicted molar refractivity (Wildman–Crippen MR) is 143 cm³/mol. The van der Waals surface area contributed by atoms with Crippen LogP contribution in [0.4, 0.5) is 4.79 Å². The zero-order chi connectivity index (χ0) is 23.8. The molecule has 2 aromatic rings. The normalized spacial score (nSPS) is 21.9. The summed E-state index contributed by atoms with van der Waals surface area (Å²) in [5.74, 6) is 0. The van der Waals surface area contributed by atoms with E-state index in [1.807, 2.05) is 16.5 Å². The number of hydrogen-bond donors (Lipinski definition) is 1. The zero-order valence-electron chi connectivity index (χ0n) is 20.3. The van der Waals surface area contributed by atoms with E-state index in [4.69, 9.17) is 4.43 Å². The van der Waals surface area contributed by atoms with Crippen molar-refractivity contribution in [3.8, 4) is 0 Å². The first kappa shape index (κ1) is 23.7. The standard InChI is InChI=1S/C27H35N3O2SSi/c1-27(2,3)34(23-13-6-4-7-14-23,24-15-8-5-9-16-24)32-22-19-29(20-22)26-30(17-18-33-26)25(31)28-21-11-10-12-21/h4-9,13-18,21-22,26H,10-12,19-20H2,1-3H3,(H,28,31). The van der Waals surface area contributed by atoms with Gasteiger partial charge in [0.25, 0.3) is 8.32 Å². The van der Waals surface area contributed by atoms with Gasteiger partial charge in [0.15, 0.2) is 0 Å². The summed E-state index contributed by atoms with van der Waals surface area (Å²) in [5.41, 5.74) is 0.0130. The molecule has 0 spiro atoms. The van der Waals surface area contributed by atoms with Crippen LogP contribution in [0.25, 0.3) is 0 Å². The summed E-state index contributed by atoms with van der Waals surface area (Å²) in [6.07, 6.45) is 5.47.